The third-order valence-electron chi connectivity index (χ3n) is 0.620. The standard InChI is InChI=1S/4NO2.Pd/c4*2-1-3;/q;;;;-2/p+2. The molecule has 80 valence electrons. The molecule has 0 aromatic rings. The number of hydrogen-bond donors (Lipinski definition) is 0. The van der Waals surface area contributed by atoms with E-state index in [2.05, 4.69) is 0 Å². The quantitative estimate of drug-likeness (QED) is 0.365. The van der Waals surface area contributed by atoms with Gasteiger partial charge >= 0.3 is 74.1 Å². The summed E-state index contributed by atoms with van der Waals surface area (Å²) in [6.45, 7) is 0. The third kappa shape index (κ3) is 1.41. The second-order valence-corrected chi connectivity index (χ2v) is 5.28. The minimum Gasteiger partial charge on any atom is 1.00 e. The van der Waals surface area contributed by atoms with Gasteiger partial charge in [-0.05, 0) is 0 Å². The van der Waals surface area contributed by atoms with Crippen LogP contribution in [0.4, 0.5) is 0 Å². The SMILES string of the molecule is O=[N+]([O-])[Pd-2]([N+](=O)[O-])([N+](=O)[O-])[N+](=O)[O-].[H+].[H+]. The fourth-order valence-electron chi connectivity index (χ4n) is 0.253. The van der Waals surface area contributed by atoms with Crippen molar-refractivity contribution in [2.75, 3.05) is 0 Å². The Labute approximate surface area is 74.9 Å². The average Bonchev–Trinajstić information content (AvgIpc) is 1.82. The predicted octanol–water partition coefficient (Wildman–Crippen LogP) is -0.868. The van der Waals surface area contributed by atoms with Gasteiger partial charge in [-0.2, -0.15) is 0 Å². The van der Waals surface area contributed by atoms with E-state index in [9.17, 15) is 40.5 Å². The molecule has 13 heavy (non-hydrogen) atoms. The Morgan fingerprint density at radius 1 is 0.692 bits per heavy atom. The van der Waals surface area contributed by atoms with E-state index in [4.69, 9.17) is 0 Å². The van der Waals surface area contributed by atoms with E-state index < -0.39 is 30.7 Å². The van der Waals surface area contributed by atoms with Gasteiger partial charge in [0.05, 0.1) is 0 Å². The van der Waals surface area contributed by atoms with Crippen molar-refractivity contribution in [3.63, 3.8) is 0 Å². The maximum atomic E-state index is 9.89. The van der Waals surface area contributed by atoms with E-state index in [1.807, 2.05) is 0 Å². The van der Waals surface area contributed by atoms with Crippen LogP contribution in [0, 0.1) is 40.5 Å². The van der Waals surface area contributed by atoms with Crippen LogP contribution in [0.2, 0.25) is 0 Å². The van der Waals surface area contributed by atoms with E-state index in [0.29, 0.717) is 0 Å². The second-order valence-electron chi connectivity index (χ2n) is 1.14. The monoisotopic (exact) mass is 292 g/mol. The molecule has 0 radical (unpaired) electrons. The van der Waals surface area contributed by atoms with E-state index in [0.717, 1.165) is 0 Å². The summed E-state index contributed by atoms with van der Waals surface area (Å²) in [7, 11) is 0. The van der Waals surface area contributed by atoms with Crippen molar-refractivity contribution < 1.29 is 33.6 Å². The fourth-order valence-corrected chi connectivity index (χ4v) is 1.50. The summed E-state index contributed by atoms with van der Waals surface area (Å²) in [5.74, 6) is 0. The van der Waals surface area contributed by atoms with Crippen LogP contribution in [0.1, 0.15) is 2.85 Å². The van der Waals surface area contributed by atoms with Gasteiger partial charge in [0.25, 0.3) is 0 Å². The van der Waals surface area contributed by atoms with Gasteiger partial charge in [-0.3, -0.25) is 0 Å². The van der Waals surface area contributed by atoms with Gasteiger partial charge in [-0.15, -0.1) is 0 Å². The molecule has 0 amide bonds. The molecule has 0 N–H and O–H groups in total. The maximum Gasteiger partial charge on any atom is 1.00 e. The molecule has 0 heterocycles. The molecule has 13 heteroatoms. The molecule has 0 rings (SSSR count). The van der Waals surface area contributed by atoms with Crippen LogP contribution in [-0.2, 0) is 16.5 Å². The van der Waals surface area contributed by atoms with E-state index in [-0.39, 0.29) is 2.85 Å². The molecule has 0 spiro atoms. The van der Waals surface area contributed by atoms with Crippen LogP contribution in [-0.4, -0.2) is 14.2 Å². The molecule has 0 aromatic heterocycles. The molecule has 0 fully saturated rings. The molecule has 0 aromatic carbocycles. The smallest absolute Gasteiger partial charge is 1.00 e. The van der Waals surface area contributed by atoms with E-state index in [1.165, 1.54) is 0 Å². The molecule has 0 atom stereocenters. The Bertz CT molecular complexity index is 240. The Balaban J connectivity index is -0.000000720. The molecule has 0 aliphatic carbocycles. The first-order chi connectivity index (χ1) is 5.77. The topological polar surface area (TPSA) is 173 Å². The Hall–Kier alpha value is -1.74. The zero-order valence-electron chi connectivity index (χ0n) is 7.37. The van der Waals surface area contributed by atoms with Gasteiger partial charge in [0.2, 0.25) is 0 Å². The molecule has 0 unspecified atom stereocenters. The zero-order chi connectivity index (χ0) is 10.8. The molecule has 0 aliphatic rings. The Morgan fingerprint density at radius 3 is 0.846 bits per heavy atom. The van der Waals surface area contributed by atoms with E-state index >= 15 is 0 Å². The molecular formula is H2N4O8Pd. The summed E-state index contributed by atoms with van der Waals surface area (Å²) in [4.78, 5) is 39.6. The predicted molar refractivity (Wildman–Crippen MR) is 30.2 cm³/mol. The fraction of sp³-hybridized carbons (Fsp3) is 0. The number of nitrogens with zero attached hydrogens (tertiary/aromatic N) is 4. The Morgan fingerprint density at radius 2 is 0.846 bits per heavy atom. The number of hydrogen-bond acceptors (Lipinski definition) is 8. The van der Waals surface area contributed by atoms with Crippen molar-refractivity contribution in [2.24, 2.45) is 0 Å². The zero-order valence-corrected chi connectivity index (χ0v) is 6.93. The summed E-state index contributed by atoms with van der Waals surface area (Å²) in [5.41, 5.74) is 0. The first-order valence-electron chi connectivity index (χ1n) is 2.03. The molecule has 0 aliphatic heterocycles. The number of rotatable bonds is 4. The van der Waals surface area contributed by atoms with Crippen molar-refractivity contribution >= 4 is 0 Å². The summed E-state index contributed by atoms with van der Waals surface area (Å²) in [5, 5.41) is 39.6. The van der Waals surface area contributed by atoms with Crippen LogP contribution in [0.25, 0.3) is 0 Å². The van der Waals surface area contributed by atoms with Crippen molar-refractivity contribution in [3.05, 3.63) is 40.5 Å². The molecule has 0 saturated carbocycles. The second kappa shape index (κ2) is 3.33. The normalized spacial score (nSPS) is 11.7. The summed E-state index contributed by atoms with van der Waals surface area (Å²) >= 11 is -6.34. The van der Waals surface area contributed by atoms with Crippen LogP contribution in [0.15, 0.2) is 0 Å². The van der Waals surface area contributed by atoms with Crippen LogP contribution in [0.3, 0.4) is 0 Å². The van der Waals surface area contributed by atoms with Crippen molar-refractivity contribution in [2.45, 2.75) is 0 Å². The molecule has 0 saturated heterocycles. The van der Waals surface area contributed by atoms with Gasteiger partial charge in [0, 0.05) is 0 Å². The Kier molecular flexibility index (Phi) is 2.88. The summed E-state index contributed by atoms with van der Waals surface area (Å²) in [6, 6.07) is 0. The van der Waals surface area contributed by atoms with Gasteiger partial charge < -0.3 is 0 Å². The number of nitro groups is 4. The van der Waals surface area contributed by atoms with Crippen molar-refractivity contribution in [3.8, 4) is 0 Å². The van der Waals surface area contributed by atoms with Gasteiger partial charge in [-0.25, -0.2) is 0 Å². The van der Waals surface area contributed by atoms with Gasteiger partial charge in [0.1, 0.15) is 0 Å². The van der Waals surface area contributed by atoms with Crippen LogP contribution >= 0.6 is 0 Å². The van der Waals surface area contributed by atoms with Gasteiger partial charge in [-0.1, -0.05) is 0 Å². The first-order valence-corrected chi connectivity index (χ1v) is 4.81. The molecule has 0 bridgehead atoms. The average molecular weight is 292 g/mol. The van der Waals surface area contributed by atoms with Crippen molar-refractivity contribution in [1.29, 1.82) is 0 Å². The minimum absolute atomic E-state index is 0. The summed E-state index contributed by atoms with van der Waals surface area (Å²) in [6.07, 6.45) is 0. The summed E-state index contributed by atoms with van der Waals surface area (Å²) < 4.78 is -8.15. The largest absolute Gasteiger partial charge is 1.00 e. The molecular weight excluding hydrogens is 290 g/mol. The third-order valence-corrected chi connectivity index (χ3v) is 3.67. The van der Waals surface area contributed by atoms with Crippen LogP contribution in [0.5, 0.6) is 0 Å². The van der Waals surface area contributed by atoms with E-state index in [1.54, 1.807) is 0 Å². The van der Waals surface area contributed by atoms with Gasteiger partial charge in [0.15, 0.2) is 0 Å². The maximum absolute atomic E-state index is 9.89. The molecule has 12 nitrogen and oxygen atoms in total. The first kappa shape index (κ1) is 11.3. The minimum atomic E-state index is -6.34. The van der Waals surface area contributed by atoms with Crippen LogP contribution < -0.4 is 0 Å². The van der Waals surface area contributed by atoms with Crippen molar-refractivity contribution in [1.82, 2.24) is 0 Å².